The minimum absolute atomic E-state index is 0.278. The van der Waals surface area contributed by atoms with Crippen LogP contribution < -0.4 is 9.47 Å². The molecule has 0 heterocycles. The number of benzene rings is 1. The van der Waals surface area contributed by atoms with E-state index in [9.17, 15) is 4.39 Å². The lowest BCUT2D eigenvalue weighted by molar-refractivity contribution is 0.311. The van der Waals surface area contributed by atoms with Crippen LogP contribution in [0.5, 0.6) is 11.5 Å². The number of rotatable bonds is 4. The molecule has 0 bridgehead atoms. The Hall–Kier alpha value is -0.520. The van der Waals surface area contributed by atoms with Gasteiger partial charge in [-0.1, -0.05) is 0 Å². The molecule has 1 aromatic rings. The van der Waals surface area contributed by atoms with E-state index in [2.05, 4.69) is 0 Å². The molecule has 0 radical (unpaired) electrons. The molecule has 1 aromatic carbocycles. The fourth-order valence-corrected chi connectivity index (χ4v) is 1.65. The zero-order valence-electron chi connectivity index (χ0n) is 8.14. The van der Waals surface area contributed by atoms with Crippen molar-refractivity contribution >= 4 is 22.6 Å². The van der Waals surface area contributed by atoms with E-state index >= 15 is 0 Å². The van der Waals surface area contributed by atoms with E-state index < -0.39 is 0 Å². The first-order chi connectivity index (χ1) is 6.70. The predicted molar refractivity (Wildman–Crippen MR) is 61.5 cm³/mol. The summed E-state index contributed by atoms with van der Waals surface area (Å²) in [6.07, 6.45) is 0. The summed E-state index contributed by atoms with van der Waals surface area (Å²) in [6, 6.07) is 3.31. The molecule has 0 aliphatic heterocycles. The van der Waals surface area contributed by atoms with E-state index in [4.69, 9.17) is 9.47 Å². The van der Waals surface area contributed by atoms with Crippen LogP contribution in [0.3, 0.4) is 0 Å². The molecule has 0 spiro atoms. The van der Waals surface area contributed by atoms with Gasteiger partial charge < -0.3 is 9.47 Å². The molecule has 4 heteroatoms. The first-order valence-electron chi connectivity index (χ1n) is 4.44. The summed E-state index contributed by atoms with van der Waals surface area (Å²) >= 11 is 1.91. The van der Waals surface area contributed by atoms with Crippen molar-refractivity contribution in [1.29, 1.82) is 0 Å². The average molecular weight is 310 g/mol. The predicted octanol–water partition coefficient (Wildman–Crippen LogP) is 3.23. The second-order valence-electron chi connectivity index (χ2n) is 2.56. The molecule has 0 aliphatic carbocycles. The summed E-state index contributed by atoms with van der Waals surface area (Å²) in [4.78, 5) is 0. The summed E-state index contributed by atoms with van der Waals surface area (Å²) < 4.78 is 24.4. The normalized spacial score (nSPS) is 10.0. The van der Waals surface area contributed by atoms with Crippen LogP contribution in [0.25, 0.3) is 0 Å². The molecule has 0 saturated carbocycles. The van der Waals surface area contributed by atoms with E-state index in [-0.39, 0.29) is 11.6 Å². The zero-order chi connectivity index (χ0) is 10.6. The second-order valence-corrected chi connectivity index (χ2v) is 3.63. The van der Waals surface area contributed by atoms with Gasteiger partial charge in [0.2, 0.25) is 0 Å². The molecule has 14 heavy (non-hydrogen) atoms. The SMILES string of the molecule is CCOc1ccc(OCC)c(I)c1F. The van der Waals surface area contributed by atoms with Gasteiger partial charge in [-0.3, -0.25) is 0 Å². The molecule has 0 unspecified atom stereocenters. The highest BCUT2D eigenvalue weighted by Crippen LogP contribution is 2.30. The van der Waals surface area contributed by atoms with Gasteiger partial charge in [0.05, 0.1) is 16.8 Å². The van der Waals surface area contributed by atoms with Crippen molar-refractivity contribution in [3.8, 4) is 11.5 Å². The third-order valence-electron chi connectivity index (χ3n) is 1.61. The Balaban J connectivity index is 2.99. The molecular weight excluding hydrogens is 298 g/mol. The largest absolute Gasteiger partial charge is 0.493 e. The smallest absolute Gasteiger partial charge is 0.182 e. The van der Waals surface area contributed by atoms with E-state index in [1.807, 2.05) is 36.4 Å². The van der Waals surface area contributed by atoms with Crippen LogP contribution in [-0.2, 0) is 0 Å². The van der Waals surface area contributed by atoms with Gasteiger partial charge in [0, 0.05) is 0 Å². The monoisotopic (exact) mass is 310 g/mol. The van der Waals surface area contributed by atoms with E-state index in [0.717, 1.165) is 0 Å². The summed E-state index contributed by atoms with van der Waals surface area (Å²) in [5.41, 5.74) is 0. The highest BCUT2D eigenvalue weighted by atomic mass is 127. The molecule has 2 nitrogen and oxygen atoms in total. The van der Waals surface area contributed by atoms with E-state index in [1.54, 1.807) is 12.1 Å². The van der Waals surface area contributed by atoms with Crippen molar-refractivity contribution in [3.05, 3.63) is 21.5 Å². The molecule has 0 amide bonds. The fraction of sp³-hybridized carbons (Fsp3) is 0.400. The van der Waals surface area contributed by atoms with Gasteiger partial charge in [-0.15, -0.1) is 0 Å². The second kappa shape index (κ2) is 5.38. The first kappa shape index (κ1) is 11.6. The maximum Gasteiger partial charge on any atom is 0.182 e. The molecule has 0 atom stereocenters. The fourth-order valence-electron chi connectivity index (χ4n) is 1.05. The van der Waals surface area contributed by atoms with Crippen LogP contribution in [0.4, 0.5) is 4.39 Å². The Kier molecular flexibility index (Phi) is 4.44. The molecule has 0 aliphatic rings. The highest BCUT2D eigenvalue weighted by molar-refractivity contribution is 14.1. The molecule has 0 saturated heterocycles. The molecule has 0 aromatic heterocycles. The molecular formula is C10H12FIO2. The third kappa shape index (κ3) is 2.50. The number of hydrogen-bond donors (Lipinski definition) is 0. The summed E-state index contributed by atoms with van der Waals surface area (Å²) in [7, 11) is 0. The Bertz CT molecular complexity index is 284. The van der Waals surface area contributed by atoms with Crippen molar-refractivity contribution in [3.63, 3.8) is 0 Å². The maximum atomic E-state index is 13.6. The van der Waals surface area contributed by atoms with Gasteiger partial charge in [0.15, 0.2) is 11.6 Å². The van der Waals surface area contributed by atoms with Crippen molar-refractivity contribution in [1.82, 2.24) is 0 Å². The van der Waals surface area contributed by atoms with Crippen molar-refractivity contribution in [2.75, 3.05) is 13.2 Å². The summed E-state index contributed by atoms with van der Waals surface area (Å²) in [5.74, 6) is 0.493. The summed E-state index contributed by atoms with van der Waals surface area (Å²) in [5, 5.41) is 0. The Labute approximate surface area is 96.5 Å². The molecule has 78 valence electrons. The lowest BCUT2D eigenvalue weighted by atomic mass is 10.3. The van der Waals surface area contributed by atoms with Crippen molar-refractivity contribution in [2.45, 2.75) is 13.8 Å². The van der Waals surface area contributed by atoms with Crippen LogP contribution in [-0.4, -0.2) is 13.2 Å². The van der Waals surface area contributed by atoms with Crippen LogP contribution in [0.2, 0.25) is 0 Å². The van der Waals surface area contributed by atoms with Gasteiger partial charge in [-0.2, -0.15) is 0 Å². The minimum atomic E-state index is -0.349. The number of halogens is 2. The van der Waals surface area contributed by atoms with Gasteiger partial charge in [-0.05, 0) is 48.6 Å². The minimum Gasteiger partial charge on any atom is -0.493 e. The van der Waals surface area contributed by atoms with Crippen molar-refractivity contribution < 1.29 is 13.9 Å². The van der Waals surface area contributed by atoms with Crippen LogP contribution in [0.15, 0.2) is 12.1 Å². The number of ether oxygens (including phenoxy) is 2. The molecule has 0 N–H and O–H groups in total. The van der Waals surface area contributed by atoms with E-state index in [1.165, 1.54) is 0 Å². The van der Waals surface area contributed by atoms with Crippen molar-refractivity contribution in [2.24, 2.45) is 0 Å². The Morgan fingerprint density at radius 1 is 1.14 bits per heavy atom. The van der Waals surface area contributed by atoms with Crippen LogP contribution in [0, 0.1) is 9.39 Å². The van der Waals surface area contributed by atoms with Gasteiger partial charge in [0.25, 0.3) is 0 Å². The lowest BCUT2D eigenvalue weighted by Crippen LogP contribution is -2.00. The topological polar surface area (TPSA) is 18.5 Å². The average Bonchev–Trinajstić information content (AvgIpc) is 2.18. The number of hydrogen-bond acceptors (Lipinski definition) is 2. The lowest BCUT2D eigenvalue weighted by Gasteiger charge is -2.10. The van der Waals surface area contributed by atoms with Gasteiger partial charge >= 0.3 is 0 Å². The van der Waals surface area contributed by atoms with Crippen LogP contribution in [0.1, 0.15) is 13.8 Å². The summed E-state index contributed by atoms with van der Waals surface area (Å²) in [6.45, 7) is 4.68. The Morgan fingerprint density at radius 3 is 2.21 bits per heavy atom. The molecule has 0 fully saturated rings. The highest BCUT2D eigenvalue weighted by Gasteiger charge is 2.12. The van der Waals surface area contributed by atoms with Gasteiger partial charge in [-0.25, -0.2) is 4.39 Å². The molecule has 1 rings (SSSR count). The third-order valence-corrected chi connectivity index (χ3v) is 2.62. The maximum absolute atomic E-state index is 13.6. The van der Waals surface area contributed by atoms with Crippen LogP contribution >= 0.6 is 22.6 Å². The van der Waals surface area contributed by atoms with Gasteiger partial charge in [0.1, 0.15) is 5.75 Å². The standard InChI is InChI=1S/C10H12FIO2/c1-3-13-7-5-6-8(14-4-2)10(12)9(7)11/h5-6H,3-4H2,1-2H3. The Morgan fingerprint density at radius 2 is 1.64 bits per heavy atom. The van der Waals surface area contributed by atoms with E-state index in [0.29, 0.717) is 22.5 Å². The quantitative estimate of drug-likeness (QED) is 0.795. The zero-order valence-corrected chi connectivity index (χ0v) is 10.3. The first-order valence-corrected chi connectivity index (χ1v) is 5.52.